The third-order valence-electron chi connectivity index (χ3n) is 6.06. The summed E-state index contributed by atoms with van der Waals surface area (Å²) in [5, 5.41) is 16.5. The van der Waals surface area contributed by atoms with E-state index in [2.05, 4.69) is 20.8 Å². The highest BCUT2D eigenvalue weighted by Crippen LogP contribution is 2.39. The maximum atomic E-state index is 12.8. The molecule has 8 nitrogen and oxygen atoms in total. The molecule has 1 aliphatic rings. The van der Waals surface area contributed by atoms with Crippen LogP contribution in [-0.2, 0) is 28.9 Å². The largest absolute Gasteiger partial charge is 0.465 e. The van der Waals surface area contributed by atoms with Crippen LogP contribution in [0.25, 0.3) is 5.69 Å². The number of aryl methyl sites for hydroxylation is 1. The first-order chi connectivity index (χ1) is 18.1. The fourth-order valence-electron chi connectivity index (χ4n) is 4.32. The van der Waals surface area contributed by atoms with Crippen molar-refractivity contribution in [2.24, 2.45) is 0 Å². The van der Waals surface area contributed by atoms with E-state index in [4.69, 9.17) is 4.74 Å². The third-order valence-corrected chi connectivity index (χ3v) is 8.20. The number of fused-ring (bicyclic) bond motifs is 1. The molecule has 10 heteroatoms. The molecule has 0 radical (unpaired) electrons. The molecule has 0 aliphatic heterocycles. The number of ether oxygens (including phenoxy) is 1. The van der Waals surface area contributed by atoms with E-state index in [9.17, 15) is 9.59 Å². The molecule has 2 aromatic heterocycles. The van der Waals surface area contributed by atoms with Crippen molar-refractivity contribution in [3.8, 4) is 5.69 Å². The van der Waals surface area contributed by atoms with Crippen molar-refractivity contribution >= 4 is 45.7 Å². The van der Waals surface area contributed by atoms with Gasteiger partial charge < -0.3 is 15.4 Å². The Kier molecular flexibility index (Phi) is 7.86. The fraction of sp³-hybridized carbons (Fsp3) is 0.259. The van der Waals surface area contributed by atoms with Crippen molar-refractivity contribution in [1.82, 2.24) is 14.8 Å². The number of hydrogen-bond donors (Lipinski definition) is 2. The fourth-order valence-corrected chi connectivity index (χ4v) is 6.52. The Morgan fingerprint density at radius 1 is 1.05 bits per heavy atom. The van der Waals surface area contributed by atoms with E-state index in [0.717, 1.165) is 46.9 Å². The van der Waals surface area contributed by atoms with Gasteiger partial charge in [-0.15, -0.1) is 21.5 Å². The maximum Gasteiger partial charge on any atom is 0.341 e. The molecule has 1 aliphatic carbocycles. The van der Waals surface area contributed by atoms with Gasteiger partial charge in [0.1, 0.15) is 5.00 Å². The van der Waals surface area contributed by atoms with E-state index in [-0.39, 0.29) is 12.3 Å². The Bertz CT molecular complexity index is 1390. The van der Waals surface area contributed by atoms with E-state index < -0.39 is 5.97 Å². The number of methoxy groups -OCH3 is 1. The second kappa shape index (κ2) is 11.6. The normalized spacial score (nSPS) is 12.2. The molecule has 190 valence electrons. The molecule has 0 bridgehead atoms. The lowest BCUT2D eigenvalue weighted by Crippen LogP contribution is -2.15. The maximum absolute atomic E-state index is 12.8. The van der Waals surface area contributed by atoms with Crippen LogP contribution in [0.1, 0.15) is 39.5 Å². The van der Waals surface area contributed by atoms with Crippen LogP contribution in [0.4, 0.5) is 10.7 Å². The quantitative estimate of drug-likeness (QED) is 0.210. The molecule has 5 rings (SSSR count). The van der Waals surface area contributed by atoms with Crippen molar-refractivity contribution in [2.75, 3.05) is 23.5 Å². The van der Waals surface area contributed by atoms with Crippen LogP contribution in [-0.4, -0.2) is 39.5 Å². The van der Waals surface area contributed by atoms with E-state index in [1.807, 2.05) is 65.2 Å². The van der Waals surface area contributed by atoms with Crippen LogP contribution in [0, 0.1) is 0 Å². The summed E-state index contributed by atoms with van der Waals surface area (Å²) in [6.07, 6.45) is 3.08. The summed E-state index contributed by atoms with van der Waals surface area (Å²) in [7, 11) is 1.37. The lowest BCUT2D eigenvalue weighted by atomic mass is 10.1. The lowest BCUT2D eigenvalue weighted by molar-refractivity contribution is -0.115. The topological polar surface area (TPSA) is 98.1 Å². The minimum absolute atomic E-state index is 0.144. The standard InChI is InChI=1S/C27H27N5O3S2/c1-35-26(34)24-20-13-8-14-21(20)37-25(24)29-23(33)15-16-36-27-31-30-22(17-28-18-9-4-2-5-10-18)32(27)19-11-6-3-7-12-19/h2-7,9-12,28H,8,13-17H2,1H3,(H,29,33). The molecular weight excluding hydrogens is 506 g/mol. The molecule has 37 heavy (non-hydrogen) atoms. The van der Waals surface area contributed by atoms with Gasteiger partial charge in [-0.2, -0.15) is 0 Å². The smallest absolute Gasteiger partial charge is 0.341 e. The van der Waals surface area contributed by atoms with Gasteiger partial charge in [-0.1, -0.05) is 48.2 Å². The zero-order chi connectivity index (χ0) is 25.6. The molecule has 2 aromatic carbocycles. The Labute approximate surface area is 223 Å². The van der Waals surface area contributed by atoms with Crippen molar-refractivity contribution in [1.29, 1.82) is 0 Å². The van der Waals surface area contributed by atoms with Gasteiger partial charge in [0.2, 0.25) is 5.91 Å². The van der Waals surface area contributed by atoms with Crippen LogP contribution in [0.15, 0.2) is 65.8 Å². The Morgan fingerprint density at radius 2 is 1.81 bits per heavy atom. The number of thiophene rings is 1. The second-order valence-corrected chi connectivity index (χ2v) is 10.7. The van der Waals surface area contributed by atoms with Gasteiger partial charge >= 0.3 is 5.97 Å². The molecule has 0 saturated carbocycles. The molecule has 4 aromatic rings. The number of benzene rings is 2. The highest BCUT2D eigenvalue weighted by Gasteiger charge is 2.28. The number of aromatic nitrogens is 3. The van der Waals surface area contributed by atoms with Gasteiger partial charge in [-0.25, -0.2) is 4.79 Å². The summed E-state index contributed by atoms with van der Waals surface area (Å²) in [4.78, 5) is 26.3. The number of rotatable bonds is 10. The minimum atomic E-state index is -0.392. The SMILES string of the molecule is COC(=O)c1c(NC(=O)CCSc2nnc(CNc3ccccc3)n2-c2ccccc2)sc2c1CCC2. The summed E-state index contributed by atoms with van der Waals surface area (Å²) in [5.74, 6) is 0.755. The predicted octanol–water partition coefficient (Wildman–Crippen LogP) is 5.34. The monoisotopic (exact) mass is 533 g/mol. The number of thioether (sulfide) groups is 1. The Balaban J connectivity index is 1.25. The van der Waals surface area contributed by atoms with Crippen molar-refractivity contribution < 1.29 is 14.3 Å². The average molecular weight is 534 g/mol. The highest BCUT2D eigenvalue weighted by atomic mass is 32.2. The summed E-state index contributed by atoms with van der Waals surface area (Å²) in [5.41, 5.74) is 3.50. The number of hydrogen-bond acceptors (Lipinski definition) is 8. The summed E-state index contributed by atoms with van der Waals surface area (Å²) < 4.78 is 6.99. The molecule has 0 spiro atoms. The Morgan fingerprint density at radius 3 is 2.57 bits per heavy atom. The van der Waals surface area contributed by atoms with Crippen LogP contribution >= 0.6 is 23.1 Å². The van der Waals surface area contributed by atoms with Crippen molar-refractivity contribution in [2.45, 2.75) is 37.4 Å². The van der Waals surface area contributed by atoms with Gasteiger partial charge in [-0.3, -0.25) is 9.36 Å². The number of nitrogens with zero attached hydrogens (tertiary/aromatic N) is 3. The first-order valence-electron chi connectivity index (χ1n) is 12.1. The molecular formula is C27H27N5O3S2. The lowest BCUT2D eigenvalue weighted by Gasteiger charge is -2.11. The van der Waals surface area contributed by atoms with E-state index in [1.165, 1.54) is 30.2 Å². The summed E-state index contributed by atoms with van der Waals surface area (Å²) in [6.45, 7) is 0.506. The van der Waals surface area contributed by atoms with Crippen LogP contribution < -0.4 is 10.6 Å². The van der Waals surface area contributed by atoms with Crippen LogP contribution in [0.3, 0.4) is 0 Å². The first-order valence-corrected chi connectivity index (χ1v) is 13.9. The number of para-hydroxylation sites is 2. The van der Waals surface area contributed by atoms with Gasteiger partial charge in [0.05, 0.1) is 19.2 Å². The number of amides is 1. The molecule has 0 atom stereocenters. The molecule has 1 amide bonds. The molecule has 0 unspecified atom stereocenters. The minimum Gasteiger partial charge on any atom is -0.465 e. The number of carbonyl (C=O) groups is 2. The second-order valence-electron chi connectivity index (χ2n) is 8.49. The van der Waals surface area contributed by atoms with E-state index >= 15 is 0 Å². The third kappa shape index (κ3) is 5.70. The van der Waals surface area contributed by atoms with Gasteiger partial charge in [0.25, 0.3) is 0 Å². The first kappa shape index (κ1) is 25.0. The van der Waals surface area contributed by atoms with Crippen molar-refractivity contribution in [3.63, 3.8) is 0 Å². The zero-order valence-corrected chi connectivity index (χ0v) is 22.0. The summed E-state index contributed by atoms with van der Waals surface area (Å²) >= 11 is 2.96. The molecule has 0 saturated heterocycles. The molecule has 0 fully saturated rings. The number of nitrogens with one attached hydrogen (secondary N) is 2. The predicted molar refractivity (Wildman–Crippen MR) is 147 cm³/mol. The van der Waals surface area contributed by atoms with Crippen LogP contribution in [0.2, 0.25) is 0 Å². The Hall–Kier alpha value is -3.63. The zero-order valence-electron chi connectivity index (χ0n) is 20.4. The van der Waals surface area contributed by atoms with E-state index in [0.29, 0.717) is 28.0 Å². The molecule has 2 heterocycles. The number of anilines is 2. The van der Waals surface area contributed by atoms with E-state index in [1.54, 1.807) is 0 Å². The number of carbonyl (C=O) groups excluding carboxylic acids is 2. The molecule has 2 N–H and O–H groups in total. The highest BCUT2D eigenvalue weighted by molar-refractivity contribution is 7.99. The van der Waals surface area contributed by atoms with Gasteiger partial charge in [0.15, 0.2) is 11.0 Å². The van der Waals surface area contributed by atoms with Gasteiger partial charge in [-0.05, 0) is 49.1 Å². The average Bonchev–Trinajstić information content (AvgIpc) is 3.63. The van der Waals surface area contributed by atoms with Crippen LogP contribution in [0.5, 0.6) is 0 Å². The van der Waals surface area contributed by atoms with Crippen molar-refractivity contribution in [3.05, 3.63) is 82.5 Å². The van der Waals surface area contributed by atoms with Gasteiger partial charge in [0, 0.05) is 28.4 Å². The number of esters is 1. The summed E-state index contributed by atoms with van der Waals surface area (Å²) in [6, 6.07) is 19.9.